The summed E-state index contributed by atoms with van der Waals surface area (Å²) in [5, 5.41) is 19.3. The molecule has 0 aliphatic heterocycles. The van der Waals surface area contributed by atoms with E-state index in [-0.39, 0.29) is 11.4 Å². The van der Waals surface area contributed by atoms with Crippen molar-refractivity contribution in [2.45, 2.75) is 40.3 Å². The lowest BCUT2D eigenvalue weighted by Crippen LogP contribution is -2.28. The van der Waals surface area contributed by atoms with Gasteiger partial charge in [-0.05, 0) is 57.0 Å². The number of nitrogens with zero attached hydrogens (tertiary/aromatic N) is 4. The number of aryl methyl sites for hydroxylation is 2. The minimum absolute atomic E-state index is 0.0973. The Bertz CT molecular complexity index is 1220. The van der Waals surface area contributed by atoms with Crippen LogP contribution in [0.2, 0.25) is 0 Å². The molecule has 178 valence electrons. The van der Waals surface area contributed by atoms with Crippen molar-refractivity contribution in [3.8, 4) is 11.5 Å². The molecule has 0 aliphatic carbocycles. The summed E-state index contributed by atoms with van der Waals surface area (Å²) in [6.45, 7) is 7.12. The van der Waals surface area contributed by atoms with Crippen LogP contribution in [-0.2, 0) is 11.4 Å². The van der Waals surface area contributed by atoms with Crippen LogP contribution in [0.25, 0.3) is 0 Å². The number of hydrogen-bond donors (Lipinski definition) is 1. The SMILES string of the molecule is COc1cc(C=NNC(=O)C(C)n2nc(C)c([N+](=O)[O-])c2C)ccc1OCc1ccc(C)cc1. The van der Waals surface area contributed by atoms with Crippen LogP contribution < -0.4 is 14.9 Å². The molecule has 0 bridgehead atoms. The second-order valence-corrected chi connectivity index (χ2v) is 7.82. The fraction of sp³-hybridized carbons (Fsp3) is 0.292. The van der Waals surface area contributed by atoms with Crippen molar-refractivity contribution in [1.29, 1.82) is 0 Å². The van der Waals surface area contributed by atoms with Gasteiger partial charge in [0.05, 0.1) is 18.2 Å². The standard InChI is InChI=1S/C24H27N5O5/c1-15-6-8-19(9-7-15)14-34-21-11-10-20(12-22(21)33-5)13-25-26-24(30)18(4)28-17(3)23(29(31)32)16(2)27-28/h6-13,18H,14H2,1-5H3,(H,26,30). The molecular formula is C24H27N5O5. The lowest BCUT2D eigenvalue weighted by atomic mass is 10.2. The van der Waals surface area contributed by atoms with Crippen molar-refractivity contribution >= 4 is 17.8 Å². The maximum Gasteiger partial charge on any atom is 0.312 e. The Morgan fingerprint density at radius 1 is 1.21 bits per heavy atom. The lowest BCUT2D eigenvalue weighted by Gasteiger charge is -2.12. The molecule has 0 radical (unpaired) electrons. The third kappa shape index (κ3) is 5.58. The molecule has 1 aromatic heterocycles. The fourth-order valence-electron chi connectivity index (χ4n) is 3.40. The molecule has 2 aromatic carbocycles. The van der Waals surface area contributed by atoms with Gasteiger partial charge in [-0.3, -0.25) is 19.6 Å². The first kappa shape index (κ1) is 24.4. The molecule has 10 nitrogen and oxygen atoms in total. The largest absolute Gasteiger partial charge is 0.493 e. The van der Waals surface area contributed by atoms with E-state index in [1.54, 1.807) is 39.2 Å². The molecule has 1 N–H and O–H groups in total. The molecule has 3 aromatic rings. The van der Waals surface area contributed by atoms with E-state index in [0.29, 0.717) is 29.4 Å². The number of methoxy groups -OCH3 is 1. The van der Waals surface area contributed by atoms with E-state index in [1.165, 1.54) is 23.4 Å². The number of aromatic nitrogens is 2. The number of hydrazone groups is 1. The molecule has 1 unspecified atom stereocenters. The molecule has 1 atom stereocenters. The highest BCUT2D eigenvalue weighted by molar-refractivity contribution is 5.84. The number of hydrogen-bond acceptors (Lipinski definition) is 7. The van der Waals surface area contributed by atoms with Crippen LogP contribution in [0.5, 0.6) is 11.5 Å². The molecule has 3 rings (SSSR count). The van der Waals surface area contributed by atoms with Crippen molar-refractivity contribution in [3.63, 3.8) is 0 Å². The van der Waals surface area contributed by atoms with E-state index in [1.807, 2.05) is 31.2 Å². The van der Waals surface area contributed by atoms with Crippen LogP contribution in [0.15, 0.2) is 47.6 Å². The molecule has 0 saturated heterocycles. The molecule has 0 fully saturated rings. The Morgan fingerprint density at radius 3 is 2.53 bits per heavy atom. The number of carbonyl (C=O) groups is 1. The number of carbonyl (C=O) groups excluding carboxylic acids is 1. The van der Waals surface area contributed by atoms with Crippen molar-refractivity contribution in [1.82, 2.24) is 15.2 Å². The van der Waals surface area contributed by atoms with Gasteiger partial charge < -0.3 is 9.47 Å². The molecule has 10 heteroatoms. The van der Waals surface area contributed by atoms with Crippen LogP contribution in [0.3, 0.4) is 0 Å². The van der Waals surface area contributed by atoms with Gasteiger partial charge in [-0.1, -0.05) is 29.8 Å². The first-order chi connectivity index (χ1) is 16.2. The third-order valence-electron chi connectivity index (χ3n) is 5.31. The minimum Gasteiger partial charge on any atom is -0.493 e. The average Bonchev–Trinajstić information content (AvgIpc) is 3.12. The number of rotatable bonds is 9. The maximum atomic E-state index is 12.5. The van der Waals surface area contributed by atoms with Gasteiger partial charge in [0.15, 0.2) is 11.5 Å². The number of benzene rings is 2. The molecule has 1 amide bonds. The van der Waals surface area contributed by atoms with Gasteiger partial charge in [0.25, 0.3) is 5.91 Å². The van der Waals surface area contributed by atoms with Crippen LogP contribution in [0.4, 0.5) is 5.69 Å². The van der Waals surface area contributed by atoms with Gasteiger partial charge in [0.1, 0.15) is 24.0 Å². The zero-order valence-electron chi connectivity index (χ0n) is 19.7. The summed E-state index contributed by atoms with van der Waals surface area (Å²) in [4.78, 5) is 23.2. The van der Waals surface area contributed by atoms with Crippen molar-refractivity contribution in [3.05, 3.63) is 80.7 Å². The van der Waals surface area contributed by atoms with Gasteiger partial charge in [0.2, 0.25) is 0 Å². The summed E-state index contributed by atoms with van der Waals surface area (Å²) in [5.41, 5.74) is 5.82. The summed E-state index contributed by atoms with van der Waals surface area (Å²) >= 11 is 0. The Kier molecular flexibility index (Phi) is 7.62. The number of nitrogens with one attached hydrogen (secondary N) is 1. The van der Waals surface area contributed by atoms with E-state index in [0.717, 1.165) is 5.56 Å². The first-order valence-corrected chi connectivity index (χ1v) is 10.6. The Labute approximate surface area is 197 Å². The quantitative estimate of drug-likeness (QED) is 0.289. The molecule has 34 heavy (non-hydrogen) atoms. The van der Waals surface area contributed by atoms with Crippen molar-refractivity contribution in [2.24, 2.45) is 5.10 Å². The van der Waals surface area contributed by atoms with Gasteiger partial charge >= 0.3 is 5.69 Å². The van der Waals surface area contributed by atoms with Gasteiger partial charge in [-0.2, -0.15) is 10.2 Å². The van der Waals surface area contributed by atoms with E-state index < -0.39 is 16.9 Å². The lowest BCUT2D eigenvalue weighted by molar-refractivity contribution is -0.386. The van der Waals surface area contributed by atoms with E-state index >= 15 is 0 Å². The van der Waals surface area contributed by atoms with Crippen LogP contribution in [-0.4, -0.2) is 33.9 Å². The monoisotopic (exact) mass is 465 g/mol. The molecule has 0 saturated carbocycles. The third-order valence-corrected chi connectivity index (χ3v) is 5.31. The summed E-state index contributed by atoms with van der Waals surface area (Å²) in [7, 11) is 1.55. The van der Waals surface area contributed by atoms with E-state index in [2.05, 4.69) is 15.6 Å². The molecular weight excluding hydrogens is 438 g/mol. The molecule has 1 heterocycles. The van der Waals surface area contributed by atoms with Gasteiger partial charge in [-0.15, -0.1) is 0 Å². The number of nitro groups is 1. The van der Waals surface area contributed by atoms with Gasteiger partial charge in [-0.25, -0.2) is 5.43 Å². The predicted octanol–water partition coefficient (Wildman–Crippen LogP) is 4.02. The van der Waals surface area contributed by atoms with Crippen LogP contribution in [0, 0.1) is 30.9 Å². The molecule has 0 spiro atoms. The fourth-order valence-corrected chi connectivity index (χ4v) is 3.40. The van der Waals surface area contributed by atoms with E-state index in [9.17, 15) is 14.9 Å². The second-order valence-electron chi connectivity index (χ2n) is 7.82. The summed E-state index contributed by atoms with van der Waals surface area (Å²) in [6.07, 6.45) is 1.47. The normalized spacial score (nSPS) is 11.9. The van der Waals surface area contributed by atoms with Crippen LogP contribution in [0.1, 0.15) is 41.0 Å². The Morgan fingerprint density at radius 2 is 1.91 bits per heavy atom. The second kappa shape index (κ2) is 10.6. The van der Waals surface area contributed by atoms with Crippen molar-refractivity contribution < 1.29 is 19.2 Å². The van der Waals surface area contributed by atoms with E-state index in [4.69, 9.17) is 9.47 Å². The zero-order valence-corrected chi connectivity index (χ0v) is 19.7. The topological polar surface area (TPSA) is 121 Å². The smallest absolute Gasteiger partial charge is 0.312 e. The minimum atomic E-state index is -0.781. The highest BCUT2D eigenvalue weighted by atomic mass is 16.6. The highest BCUT2D eigenvalue weighted by Crippen LogP contribution is 2.28. The highest BCUT2D eigenvalue weighted by Gasteiger charge is 2.26. The Balaban J connectivity index is 1.63. The zero-order chi connectivity index (χ0) is 24.8. The number of amides is 1. The number of ether oxygens (including phenoxy) is 2. The predicted molar refractivity (Wildman–Crippen MR) is 127 cm³/mol. The van der Waals surface area contributed by atoms with Crippen molar-refractivity contribution in [2.75, 3.05) is 7.11 Å². The summed E-state index contributed by atoms with van der Waals surface area (Å²) < 4.78 is 12.6. The molecule has 0 aliphatic rings. The summed E-state index contributed by atoms with van der Waals surface area (Å²) in [6, 6.07) is 12.6. The van der Waals surface area contributed by atoms with Gasteiger partial charge in [0, 0.05) is 0 Å². The van der Waals surface area contributed by atoms with Crippen LogP contribution >= 0.6 is 0 Å². The average molecular weight is 466 g/mol. The summed E-state index contributed by atoms with van der Waals surface area (Å²) in [5.74, 6) is 0.663. The first-order valence-electron chi connectivity index (χ1n) is 10.6. The maximum absolute atomic E-state index is 12.5. The Hall–Kier alpha value is -4.21.